The Balaban J connectivity index is 2.25. The molecule has 4 heteroatoms. The van der Waals surface area contributed by atoms with Gasteiger partial charge in [0.25, 0.3) is 0 Å². The van der Waals surface area contributed by atoms with E-state index in [1.165, 1.54) is 10.5 Å². The molecule has 0 saturated heterocycles. The third-order valence-electron chi connectivity index (χ3n) is 3.31. The van der Waals surface area contributed by atoms with E-state index in [2.05, 4.69) is 23.7 Å². The maximum atomic E-state index is 12.1. The van der Waals surface area contributed by atoms with Gasteiger partial charge in [-0.2, -0.15) is 0 Å². The van der Waals surface area contributed by atoms with Crippen LogP contribution in [-0.4, -0.2) is 17.7 Å². The average Bonchev–Trinajstić information content (AvgIpc) is 3.08. The fourth-order valence-corrected chi connectivity index (χ4v) is 2.70. The Morgan fingerprint density at radius 2 is 2.00 bits per heavy atom. The van der Waals surface area contributed by atoms with Crippen LogP contribution in [-0.2, 0) is 10.3 Å². The minimum absolute atomic E-state index is 0.0871. The minimum Gasteiger partial charge on any atom is -0.345 e. The Kier molecular flexibility index (Phi) is 3.43. The van der Waals surface area contributed by atoms with Gasteiger partial charge in [0.1, 0.15) is 0 Å². The summed E-state index contributed by atoms with van der Waals surface area (Å²) in [5, 5.41) is 3.12. The van der Waals surface area contributed by atoms with Crippen molar-refractivity contribution in [1.29, 1.82) is 0 Å². The molecule has 2 rings (SSSR count). The molecular weight excluding hydrogens is 244 g/mol. The molecule has 1 aliphatic rings. The van der Waals surface area contributed by atoms with Crippen LogP contribution in [0.2, 0.25) is 0 Å². The van der Waals surface area contributed by atoms with Gasteiger partial charge in [0.05, 0.1) is 11.1 Å². The van der Waals surface area contributed by atoms with Crippen molar-refractivity contribution in [3.63, 3.8) is 0 Å². The molecular formula is C14H20N2OS. The number of hydrogen-bond donors (Lipinski definition) is 2. The Morgan fingerprint density at radius 3 is 2.50 bits per heavy atom. The normalized spacial score (nSPS) is 17.3. The number of carbonyl (C=O) groups excluding carboxylic acids is 1. The van der Waals surface area contributed by atoms with Crippen LogP contribution in [0.3, 0.4) is 0 Å². The third kappa shape index (κ3) is 2.54. The van der Waals surface area contributed by atoms with Crippen molar-refractivity contribution in [3.05, 3.63) is 29.8 Å². The summed E-state index contributed by atoms with van der Waals surface area (Å²) in [5.41, 5.74) is 6.05. The summed E-state index contributed by atoms with van der Waals surface area (Å²) in [4.78, 5) is 13.3. The molecule has 1 aromatic rings. The summed E-state index contributed by atoms with van der Waals surface area (Å²) in [6.45, 7) is 3.47. The van der Waals surface area contributed by atoms with E-state index in [1.54, 1.807) is 25.6 Å². The number of hydrogen-bond acceptors (Lipinski definition) is 3. The summed E-state index contributed by atoms with van der Waals surface area (Å²) >= 11 is 1.71. The van der Waals surface area contributed by atoms with Gasteiger partial charge in [0, 0.05) is 4.90 Å². The number of nitrogens with one attached hydrogen (secondary N) is 1. The number of amides is 1. The quantitative estimate of drug-likeness (QED) is 0.820. The Hall–Kier alpha value is -1.00. The fraction of sp³-hybridized carbons (Fsp3) is 0.500. The van der Waals surface area contributed by atoms with Crippen molar-refractivity contribution in [1.82, 2.24) is 5.32 Å². The average molecular weight is 264 g/mol. The molecule has 98 valence electrons. The molecule has 0 atom stereocenters. The second-order valence-electron chi connectivity index (χ2n) is 5.46. The van der Waals surface area contributed by atoms with E-state index in [4.69, 9.17) is 5.73 Å². The molecule has 1 aliphatic carbocycles. The molecule has 18 heavy (non-hydrogen) atoms. The van der Waals surface area contributed by atoms with E-state index in [0.29, 0.717) is 0 Å². The molecule has 0 aromatic heterocycles. The first-order valence-electron chi connectivity index (χ1n) is 6.14. The van der Waals surface area contributed by atoms with Crippen LogP contribution in [0.25, 0.3) is 0 Å². The third-order valence-corrected chi connectivity index (χ3v) is 4.11. The monoisotopic (exact) mass is 264 g/mol. The van der Waals surface area contributed by atoms with Crippen molar-refractivity contribution < 1.29 is 4.79 Å². The van der Waals surface area contributed by atoms with Crippen molar-refractivity contribution in [3.8, 4) is 0 Å². The molecule has 3 N–H and O–H groups in total. The molecule has 0 bridgehead atoms. The van der Waals surface area contributed by atoms with Crippen LogP contribution >= 0.6 is 11.8 Å². The van der Waals surface area contributed by atoms with Crippen molar-refractivity contribution in [2.45, 2.75) is 42.7 Å². The summed E-state index contributed by atoms with van der Waals surface area (Å²) < 4.78 is 0. The van der Waals surface area contributed by atoms with Gasteiger partial charge >= 0.3 is 0 Å². The zero-order chi connectivity index (χ0) is 13.4. The molecule has 3 nitrogen and oxygen atoms in total. The van der Waals surface area contributed by atoms with Crippen LogP contribution in [0, 0.1) is 0 Å². The molecule has 0 spiro atoms. The van der Waals surface area contributed by atoms with Crippen LogP contribution in [0.4, 0.5) is 0 Å². The molecule has 0 unspecified atom stereocenters. The molecule has 0 radical (unpaired) electrons. The van der Waals surface area contributed by atoms with Gasteiger partial charge in [-0.1, -0.05) is 18.2 Å². The number of carbonyl (C=O) groups is 1. The number of nitrogens with two attached hydrogens (primary N) is 1. The topological polar surface area (TPSA) is 55.1 Å². The zero-order valence-corrected chi connectivity index (χ0v) is 11.9. The highest BCUT2D eigenvalue weighted by Crippen LogP contribution is 2.48. The highest BCUT2D eigenvalue weighted by Gasteiger charge is 2.48. The van der Waals surface area contributed by atoms with Gasteiger partial charge in [-0.15, -0.1) is 11.8 Å². The number of thioether (sulfide) groups is 1. The largest absolute Gasteiger partial charge is 0.345 e. The lowest BCUT2D eigenvalue weighted by molar-refractivity contribution is -0.126. The van der Waals surface area contributed by atoms with E-state index >= 15 is 0 Å². The predicted octanol–water partition coefficient (Wildman–Crippen LogP) is 2.25. The van der Waals surface area contributed by atoms with E-state index in [0.717, 1.165) is 12.8 Å². The summed E-state index contributed by atoms with van der Waals surface area (Å²) in [6, 6.07) is 8.25. The molecule has 0 heterocycles. The molecule has 0 aliphatic heterocycles. The maximum absolute atomic E-state index is 12.1. The van der Waals surface area contributed by atoms with E-state index in [1.807, 2.05) is 12.1 Å². The second kappa shape index (κ2) is 4.59. The first-order valence-corrected chi connectivity index (χ1v) is 7.36. The first-order chi connectivity index (χ1) is 8.39. The first kappa shape index (κ1) is 13.4. The number of benzene rings is 1. The number of rotatable bonds is 4. The standard InChI is InChI=1S/C14H20N2OS/c1-13(2,15)12(17)16-14(8-9-14)10-6-4-5-7-11(10)18-3/h4-7H,8-9,15H2,1-3H3,(H,16,17). The van der Waals surface area contributed by atoms with E-state index in [-0.39, 0.29) is 11.4 Å². The van der Waals surface area contributed by atoms with Crippen LogP contribution in [0.5, 0.6) is 0 Å². The smallest absolute Gasteiger partial charge is 0.240 e. The predicted molar refractivity (Wildman–Crippen MR) is 75.5 cm³/mol. The fourth-order valence-electron chi connectivity index (χ4n) is 2.01. The maximum Gasteiger partial charge on any atom is 0.240 e. The van der Waals surface area contributed by atoms with Crippen LogP contribution < -0.4 is 11.1 Å². The van der Waals surface area contributed by atoms with Crippen molar-refractivity contribution in [2.24, 2.45) is 5.73 Å². The van der Waals surface area contributed by atoms with Crippen molar-refractivity contribution >= 4 is 17.7 Å². The van der Waals surface area contributed by atoms with Gasteiger partial charge in [-0.05, 0) is 44.6 Å². The summed E-state index contributed by atoms with van der Waals surface area (Å²) in [5.74, 6) is -0.0871. The lowest BCUT2D eigenvalue weighted by atomic mass is 10.0. The van der Waals surface area contributed by atoms with E-state index in [9.17, 15) is 4.79 Å². The van der Waals surface area contributed by atoms with Gasteiger partial charge in [0.2, 0.25) is 5.91 Å². The Labute approximate surface area is 113 Å². The Bertz CT molecular complexity index is 461. The Morgan fingerprint density at radius 1 is 1.39 bits per heavy atom. The molecule has 1 saturated carbocycles. The van der Waals surface area contributed by atoms with Gasteiger partial charge in [-0.3, -0.25) is 4.79 Å². The highest BCUT2D eigenvalue weighted by molar-refractivity contribution is 7.98. The highest BCUT2D eigenvalue weighted by atomic mass is 32.2. The SMILES string of the molecule is CSc1ccccc1C1(NC(=O)C(C)(C)N)CC1. The summed E-state index contributed by atoms with van der Waals surface area (Å²) in [6.07, 6.45) is 4.04. The minimum atomic E-state index is -0.829. The van der Waals surface area contributed by atoms with Crippen molar-refractivity contribution in [2.75, 3.05) is 6.26 Å². The zero-order valence-electron chi connectivity index (χ0n) is 11.1. The van der Waals surface area contributed by atoms with E-state index < -0.39 is 5.54 Å². The lowest BCUT2D eigenvalue weighted by Crippen LogP contribution is -2.52. The molecule has 1 fully saturated rings. The lowest BCUT2D eigenvalue weighted by Gasteiger charge is -2.25. The van der Waals surface area contributed by atoms with Crippen LogP contribution in [0.1, 0.15) is 32.3 Å². The van der Waals surface area contributed by atoms with Gasteiger partial charge in [0.15, 0.2) is 0 Å². The molecule has 1 amide bonds. The van der Waals surface area contributed by atoms with Crippen LogP contribution in [0.15, 0.2) is 29.2 Å². The summed E-state index contributed by atoms with van der Waals surface area (Å²) in [7, 11) is 0. The second-order valence-corrected chi connectivity index (χ2v) is 6.31. The molecule has 1 aromatic carbocycles. The van der Waals surface area contributed by atoms with Gasteiger partial charge in [-0.25, -0.2) is 0 Å². The van der Waals surface area contributed by atoms with Gasteiger partial charge < -0.3 is 11.1 Å².